The van der Waals surface area contributed by atoms with Gasteiger partial charge in [-0.1, -0.05) is 12.2 Å². The molecule has 0 atom stereocenters. The molecule has 0 unspecified atom stereocenters. The Balaban J connectivity index is 0. The third-order valence-corrected chi connectivity index (χ3v) is 0. The molecule has 2 N–H and O–H groups in total. The summed E-state index contributed by atoms with van der Waals surface area (Å²) in [6.07, 6.45) is 0. The van der Waals surface area contributed by atoms with Gasteiger partial charge < -0.3 is 9.79 Å². The Morgan fingerprint density at radius 3 is 1.50 bits per heavy atom. The van der Waals surface area contributed by atoms with Crippen LogP contribution in [-0.4, -0.2) is 37.1 Å². The van der Waals surface area contributed by atoms with Crippen LogP contribution >= 0.6 is 17.9 Å². The summed E-state index contributed by atoms with van der Waals surface area (Å²) in [5.74, 6) is 0. The van der Waals surface area contributed by atoms with Crippen molar-refractivity contribution in [2.75, 3.05) is 0 Å². The Hall–Kier alpha value is 1.84. The Bertz CT molecular complexity index is 57.7. The Kier molecular flexibility index (Phi) is 6.81. The second-order valence-electron chi connectivity index (χ2n) is 0.513. The SMILES string of the molecule is OP(O)(=S)S.[PbH2]. The maximum absolute atomic E-state index is 7.87. The topological polar surface area (TPSA) is 40.5 Å². The summed E-state index contributed by atoms with van der Waals surface area (Å²) >= 11 is 7.07. The molecule has 6 heavy (non-hydrogen) atoms. The molecule has 0 aromatic heterocycles. The van der Waals surface area contributed by atoms with Gasteiger partial charge in [0.1, 0.15) is 0 Å². The first-order valence-electron chi connectivity index (χ1n) is 0.783. The van der Waals surface area contributed by atoms with Gasteiger partial charge in [0.25, 0.3) is 0 Å². The van der Waals surface area contributed by atoms with Crippen LogP contribution in [0.2, 0.25) is 0 Å². The van der Waals surface area contributed by atoms with Gasteiger partial charge in [-0.3, -0.25) is 0 Å². The molecular weight excluding hydrogens is 334 g/mol. The normalized spacial score (nSPS) is 9.83. The summed E-state index contributed by atoms with van der Waals surface area (Å²) in [6.45, 7) is 0. The Morgan fingerprint density at radius 1 is 1.50 bits per heavy atom. The van der Waals surface area contributed by atoms with Crippen LogP contribution in [0.25, 0.3) is 0 Å². The van der Waals surface area contributed by atoms with Gasteiger partial charge in [-0.2, -0.15) is 0 Å². The predicted octanol–water partition coefficient (Wildman–Crippen LogP) is -0.791. The van der Waals surface area contributed by atoms with Crippen molar-refractivity contribution in [1.29, 1.82) is 0 Å². The molecular formula is H5O2PPbS2. The van der Waals surface area contributed by atoms with Gasteiger partial charge in [-0.05, 0) is 11.8 Å². The van der Waals surface area contributed by atoms with Crippen LogP contribution in [0, 0.1) is 0 Å². The molecule has 0 bridgehead atoms. The first-order chi connectivity index (χ1) is 2.00. The summed E-state index contributed by atoms with van der Waals surface area (Å²) in [6, 6.07) is 0. The van der Waals surface area contributed by atoms with Gasteiger partial charge in [0, 0.05) is 0 Å². The number of rotatable bonds is 0. The van der Waals surface area contributed by atoms with E-state index < -0.39 is 5.69 Å². The molecule has 0 aliphatic heterocycles. The van der Waals surface area contributed by atoms with E-state index in [9.17, 15) is 0 Å². The molecule has 0 saturated carbocycles. The second-order valence-corrected chi connectivity index (χ2v) is 5.55. The zero-order chi connectivity index (χ0) is 4.50. The molecule has 0 aliphatic carbocycles. The van der Waals surface area contributed by atoms with E-state index in [1.807, 2.05) is 0 Å². The van der Waals surface area contributed by atoms with Crippen LogP contribution in [0.1, 0.15) is 0 Å². The van der Waals surface area contributed by atoms with Crippen molar-refractivity contribution >= 4 is 57.0 Å². The summed E-state index contributed by atoms with van der Waals surface area (Å²) in [7, 11) is 0. The molecule has 0 spiro atoms. The number of hydrogen-bond acceptors (Lipinski definition) is 1. The van der Waals surface area contributed by atoms with Crippen LogP contribution in [0.3, 0.4) is 0 Å². The zero-order valence-corrected chi connectivity index (χ0v) is 11.0. The molecule has 0 amide bonds. The van der Waals surface area contributed by atoms with E-state index in [0.717, 1.165) is 0 Å². The first kappa shape index (κ1) is 10.8. The molecule has 2 nitrogen and oxygen atoms in total. The fourth-order valence-electron chi connectivity index (χ4n) is 0. The van der Waals surface area contributed by atoms with Gasteiger partial charge in [0.2, 0.25) is 5.69 Å². The van der Waals surface area contributed by atoms with E-state index >= 15 is 0 Å². The van der Waals surface area contributed by atoms with Crippen LogP contribution < -0.4 is 0 Å². The maximum atomic E-state index is 7.87. The summed E-state index contributed by atoms with van der Waals surface area (Å²) in [5.41, 5.74) is -3.11. The molecule has 0 heterocycles. The Labute approximate surface area is 66.4 Å². The van der Waals surface area contributed by atoms with E-state index in [-0.39, 0.29) is 27.3 Å². The fraction of sp³-hybridized carbons (Fsp3) is 0. The molecule has 0 aromatic carbocycles. The van der Waals surface area contributed by atoms with Gasteiger partial charge in [0.05, 0.1) is 0 Å². The van der Waals surface area contributed by atoms with Crippen LogP contribution in [0.4, 0.5) is 0 Å². The number of hydrogen-bond donors (Lipinski definition) is 3. The minimum absolute atomic E-state index is 0. The van der Waals surface area contributed by atoms with Crippen LogP contribution in [0.5, 0.6) is 0 Å². The summed E-state index contributed by atoms with van der Waals surface area (Å²) in [5, 5.41) is 0. The van der Waals surface area contributed by atoms with Crippen LogP contribution in [-0.2, 0) is 11.8 Å². The second kappa shape index (κ2) is 3.80. The zero-order valence-electron chi connectivity index (χ0n) is 2.90. The van der Waals surface area contributed by atoms with E-state index in [1.54, 1.807) is 0 Å². The van der Waals surface area contributed by atoms with Crippen molar-refractivity contribution in [3.63, 3.8) is 0 Å². The molecule has 0 rings (SSSR count). The van der Waals surface area contributed by atoms with Crippen molar-refractivity contribution < 1.29 is 9.79 Å². The minimum atomic E-state index is -3.11. The fourth-order valence-corrected chi connectivity index (χ4v) is 0. The molecule has 6 heteroatoms. The average molecular weight is 339 g/mol. The predicted molar refractivity (Wildman–Crippen MR) is 36.3 cm³/mol. The van der Waals surface area contributed by atoms with Gasteiger partial charge in [-0.15, -0.1) is 0 Å². The molecule has 0 aromatic rings. The van der Waals surface area contributed by atoms with Crippen molar-refractivity contribution in [1.82, 2.24) is 0 Å². The van der Waals surface area contributed by atoms with Crippen LogP contribution in [0.15, 0.2) is 0 Å². The van der Waals surface area contributed by atoms with Gasteiger partial charge in [0.15, 0.2) is 0 Å². The molecule has 2 radical (unpaired) electrons. The van der Waals surface area contributed by atoms with Crippen molar-refractivity contribution in [2.45, 2.75) is 0 Å². The third kappa shape index (κ3) is 40.4. The van der Waals surface area contributed by atoms with Crippen molar-refractivity contribution in [2.24, 2.45) is 0 Å². The van der Waals surface area contributed by atoms with E-state index in [0.29, 0.717) is 0 Å². The monoisotopic (exact) mass is 340 g/mol. The molecule has 38 valence electrons. The van der Waals surface area contributed by atoms with Crippen molar-refractivity contribution in [3.05, 3.63) is 0 Å². The first-order valence-corrected chi connectivity index (χ1v) is 4.64. The number of thiol groups is 1. The van der Waals surface area contributed by atoms with Gasteiger partial charge in [-0.25, -0.2) is 0 Å². The van der Waals surface area contributed by atoms with E-state index in [4.69, 9.17) is 9.79 Å². The standard InChI is InChI=1S/H3O2PS2.Pb.2H/c1-3(2,4)5;;;/h(H3,1,2,4,5);;;. The third-order valence-electron chi connectivity index (χ3n) is 0. The summed E-state index contributed by atoms with van der Waals surface area (Å²) < 4.78 is 0. The quantitative estimate of drug-likeness (QED) is 0.308. The average Bonchev–Trinajstić information content (AvgIpc) is 0.722. The van der Waals surface area contributed by atoms with E-state index in [2.05, 4.69) is 24.1 Å². The van der Waals surface area contributed by atoms with Crippen molar-refractivity contribution in [3.8, 4) is 0 Å². The summed E-state index contributed by atoms with van der Waals surface area (Å²) in [4.78, 5) is 15.7. The molecule has 0 aliphatic rings. The van der Waals surface area contributed by atoms with E-state index in [1.165, 1.54) is 0 Å². The van der Waals surface area contributed by atoms with Gasteiger partial charge >= 0.3 is 27.3 Å². The Morgan fingerprint density at radius 2 is 1.50 bits per heavy atom. The molecule has 0 saturated heterocycles. The molecule has 0 fully saturated rings.